The third kappa shape index (κ3) is 4.35. The molecule has 23 heavy (non-hydrogen) atoms. The van der Waals surface area contributed by atoms with Gasteiger partial charge in [0.1, 0.15) is 5.75 Å². The van der Waals surface area contributed by atoms with Crippen molar-refractivity contribution >= 4 is 41.3 Å². The molecule has 0 saturated carbocycles. The Labute approximate surface area is 157 Å². The van der Waals surface area contributed by atoms with Crippen LogP contribution >= 0.6 is 35.3 Å². The molecular formula is C16H21IN4OS. The van der Waals surface area contributed by atoms with Crippen molar-refractivity contribution in [3.63, 3.8) is 0 Å². The summed E-state index contributed by atoms with van der Waals surface area (Å²) in [5.74, 6) is 1.37. The number of nitrogens with one attached hydrogen (secondary N) is 1. The maximum absolute atomic E-state index is 6.04. The predicted octanol–water partition coefficient (Wildman–Crippen LogP) is 3.31. The lowest BCUT2D eigenvalue weighted by molar-refractivity contribution is 0.262. The lowest BCUT2D eigenvalue weighted by Gasteiger charge is -2.26. The summed E-state index contributed by atoms with van der Waals surface area (Å²) in [4.78, 5) is 10.1. The van der Waals surface area contributed by atoms with E-state index in [0.717, 1.165) is 28.4 Å². The molecule has 0 saturated heterocycles. The first-order valence-electron chi connectivity index (χ1n) is 7.34. The van der Waals surface area contributed by atoms with Crippen molar-refractivity contribution in [3.05, 3.63) is 45.4 Å². The van der Waals surface area contributed by atoms with E-state index in [0.29, 0.717) is 19.1 Å². The number of fused-ring (bicyclic) bond motifs is 1. The standard InChI is InChI=1S/C16H20N4OS.HI/c1-10-14(19-11(2)22-10)9-18-16(17)20-13-7-8-21-15-6-4-3-5-12(13)15;/h3-6,13H,7-9H2,1-2H3,(H3,17,18,20);1H. The molecule has 124 valence electrons. The lowest BCUT2D eigenvalue weighted by atomic mass is 10.0. The number of hydrogen-bond acceptors (Lipinski definition) is 4. The number of hydrogen-bond donors (Lipinski definition) is 2. The first kappa shape index (κ1) is 18.0. The van der Waals surface area contributed by atoms with Gasteiger partial charge in [-0.25, -0.2) is 9.98 Å². The van der Waals surface area contributed by atoms with Gasteiger partial charge in [-0.1, -0.05) is 18.2 Å². The second kappa shape index (κ2) is 7.96. The van der Waals surface area contributed by atoms with E-state index in [2.05, 4.69) is 28.3 Å². The van der Waals surface area contributed by atoms with Crippen molar-refractivity contribution in [3.8, 4) is 5.75 Å². The van der Waals surface area contributed by atoms with E-state index in [1.807, 2.05) is 25.1 Å². The van der Waals surface area contributed by atoms with Gasteiger partial charge in [0.2, 0.25) is 0 Å². The number of rotatable bonds is 3. The molecule has 2 heterocycles. The van der Waals surface area contributed by atoms with Gasteiger partial charge < -0.3 is 15.8 Å². The van der Waals surface area contributed by atoms with Gasteiger partial charge in [-0.3, -0.25) is 0 Å². The van der Waals surface area contributed by atoms with Crippen molar-refractivity contribution in [2.24, 2.45) is 10.7 Å². The van der Waals surface area contributed by atoms with Crippen LogP contribution in [0.5, 0.6) is 5.75 Å². The van der Waals surface area contributed by atoms with E-state index in [-0.39, 0.29) is 30.0 Å². The van der Waals surface area contributed by atoms with E-state index in [1.54, 1.807) is 11.3 Å². The van der Waals surface area contributed by atoms with Crippen molar-refractivity contribution in [1.29, 1.82) is 0 Å². The molecule has 7 heteroatoms. The fraction of sp³-hybridized carbons (Fsp3) is 0.375. The average molecular weight is 444 g/mol. The molecule has 0 fully saturated rings. The minimum atomic E-state index is 0. The number of para-hydroxylation sites is 1. The summed E-state index contributed by atoms with van der Waals surface area (Å²) in [6.07, 6.45) is 0.877. The molecule has 1 aliphatic heterocycles. The molecule has 3 N–H and O–H groups in total. The predicted molar refractivity (Wildman–Crippen MR) is 105 cm³/mol. The number of aliphatic imine (C=N–C) groups is 1. The number of aryl methyl sites for hydroxylation is 2. The van der Waals surface area contributed by atoms with Gasteiger partial charge in [-0.05, 0) is 19.9 Å². The van der Waals surface area contributed by atoms with Crippen molar-refractivity contribution in [1.82, 2.24) is 10.3 Å². The molecule has 3 rings (SSSR count). The van der Waals surface area contributed by atoms with Crippen LogP contribution in [-0.2, 0) is 6.54 Å². The summed E-state index contributed by atoms with van der Waals surface area (Å²) < 4.78 is 5.65. The highest BCUT2D eigenvalue weighted by molar-refractivity contribution is 14.0. The van der Waals surface area contributed by atoms with E-state index in [9.17, 15) is 0 Å². The highest BCUT2D eigenvalue weighted by Gasteiger charge is 2.21. The van der Waals surface area contributed by atoms with E-state index in [4.69, 9.17) is 10.5 Å². The zero-order chi connectivity index (χ0) is 15.5. The normalized spacial score (nSPS) is 17.0. The van der Waals surface area contributed by atoms with Crippen LogP contribution in [0, 0.1) is 13.8 Å². The Morgan fingerprint density at radius 3 is 2.96 bits per heavy atom. The van der Waals surface area contributed by atoms with Crippen LogP contribution < -0.4 is 15.8 Å². The fourth-order valence-electron chi connectivity index (χ4n) is 2.59. The zero-order valence-corrected chi connectivity index (χ0v) is 16.4. The number of halogens is 1. The van der Waals surface area contributed by atoms with Crippen molar-refractivity contribution in [2.45, 2.75) is 32.9 Å². The van der Waals surface area contributed by atoms with Crippen LogP contribution in [0.25, 0.3) is 0 Å². The third-order valence-electron chi connectivity index (χ3n) is 3.68. The highest BCUT2D eigenvalue weighted by Crippen LogP contribution is 2.31. The van der Waals surface area contributed by atoms with E-state index < -0.39 is 0 Å². The molecule has 2 aromatic rings. The maximum Gasteiger partial charge on any atom is 0.189 e. The topological polar surface area (TPSA) is 72.5 Å². The molecule has 0 spiro atoms. The second-order valence-corrected chi connectivity index (χ2v) is 6.72. The van der Waals surface area contributed by atoms with Gasteiger partial charge in [0, 0.05) is 16.9 Å². The molecule has 0 aliphatic carbocycles. The minimum Gasteiger partial charge on any atom is -0.493 e. The number of ether oxygens (including phenoxy) is 1. The van der Waals surface area contributed by atoms with Gasteiger partial charge in [-0.2, -0.15) is 0 Å². The van der Waals surface area contributed by atoms with Crippen LogP contribution in [0.3, 0.4) is 0 Å². The SMILES string of the molecule is Cc1nc(CN=C(N)NC2CCOc3ccccc32)c(C)s1.I. The van der Waals surface area contributed by atoms with Crippen LogP contribution in [0.2, 0.25) is 0 Å². The molecule has 5 nitrogen and oxygen atoms in total. The molecule has 0 bridgehead atoms. The molecule has 1 aromatic heterocycles. The Bertz CT molecular complexity index is 701. The average Bonchev–Trinajstić information content (AvgIpc) is 2.83. The van der Waals surface area contributed by atoms with Crippen LogP contribution in [-0.4, -0.2) is 17.6 Å². The van der Waals surface area contributed by atoms with Gasteiger partial charge in [0.25, 0.3) is 0 Å². The number of nitrogens with zero attached hydrogens (tertiary/aromatic N) is 2. The summed E-state index contributed by atoms with van der Waals surface area (Å²) in [6, 6.07) is 8.18. The Hall–Kier alpha value is -1.35. The van der Waals surface area contributed by atoms with Gasteiger partial charge in [-0.15, -0.1) is 35.3 Å². The second-order valence-electron chi connectivity index (χ2n) is 5.31. The number of guanidine groups is 1. The Kier molecular flexibility index (Phi) is 6.23. The van der Waals surface area contributed by atoms with Crippen LogP contribution in [0.4, 0.5) is 0 Å². The lowest BCUT2D eigenvalue weighted by Crippen LogP contribution is -2.37. The maximum atomic E-state index is 6.04. The van der Waals surface area contributed by atoms with Crippen molar-refractivity contribution < 1.29 is 4.74 Å². The van der Waals surface area contributed by atoms with Gasteiger partial charge >= 0.3 is 0 Å². The molecule has 1 unspecified atom stereocenters. The monoisotopic (exact) mass is 444 g/mol. The summed E-state index contributed by atoms with van der Waals surface area (Å²) in [5, 5.41) is 4.36. The third-order valence-corrected chi connectivity index (χ3v) is 4.61. The Morgan fingerprint density at radius 2 is 2.22 bits per heavy atom. The first-order chi connectivity index (χ1) is 10.6. The van der Waals surface area contributed by atoms with E-state index in [1.165, 1.54) is 4.88 Å². The molecule has 1 aliphatic rings. The summed E-state index contributed by atoms with van der Waals surface area (Å²) >= 11 is 1.69. The van der Waals surface area contributed by atoms with E-state index >= 15 is 0 Å². The highest BCUT2D eigenvalue weighted by atomic mass is 127. The van der Waals surface area contributed by atoms with Crippen LogP contribution in [0.15, 0.2) is 29.3 Å². The molecule has 1 atom stereocenters. The number of benzene rings is 1. The molecular weight excluding hydrogens is 423 g/mol. The fourth-order valence-corrected chi connectivity index (χ4v) is 3.42. The Morgan fingerprint density at radius 1 is 1.43 bits per heavy atom. The van der Waals surface area contributed by atoms with Gasteiger partial charge in [0.05, 0.1) is 29.9 Å². The van der Waals surface area contributed by atoms with Gasteiger partial charge in [0.15, 0.2) is 5.96 Å². The number of nitrogens with two attached hydrogens (primary N) is 1. The minimum absolute atomic E-state index is 0. The largest absolute Gasteiger partial charge is 0.493 e. The number of thiazole rings is 1. The summed E-state index contributed by atoms with van der Waals surface area (Å²) in [7, 11) is 0. The number of aromatic nitrogens is 1. The smallest absolute Gasteiger partial charge is 0.189 e. The Balaban J connectivity index is 0.00000192. The molecule has 0 amide bonds. The van der Waals surface area contributed by atoms with Crippen LogP contribution in [0.1, 0.15) is 33.6 Å². The summed E-state index contributed by atoms with van der Waals surface area (Å²) in [6.45, 7) is 5.27. The molecule has 0 radical (unpaired) electrons. The zero-order valence-electron chi connectivity index (χ0n) is 13.2. The molecule has 1 aromatic carbocycles. The summed E-state index contributed by atoms with van der Waals surface area (Å²) in [5.41, 5.74) is 8.17. The van der Waals surface area contributed by atoms with Crippen molar-refractivity contribution in [2.75, 3.05) is 6.61 Å². The first-order valence-corrected chi connectivity index (χ1v) is 8.16. The quantitative estimate of drug-likeness (QED) is 0.433.